The van der Waals surface area contributed by atoms with Gasteiger partial charge >= 0.3 is 11.9 Å². The molecule has 0 unspecified atom stereocenters. The third-order valence-corrected chi connectivity index (χ3v) is 4.28. The zero-order valence-corrected chi connectivity index (χ0v) is 12.9. The van der Waals surface area contributed by atoms with E-state index in [1.165, 1.54) is 0 Å². The van der Waals surface area contributed by atoms with E-state index in [4.69, 9.17) is 0 Å². The second-order valence-electron chi connectivity index (χ2n) is 5.97. The monoisotopic (exact) mass is 339 g/mol. The van der Waals surface area contributed by atoms with Crippen molar-refractivity contribution in [3.63, 3.8) is 0 Å². The molecule has 1 heterocycles. The lowest BCUT2D eigenvalue weighted by Gasteiger charge is -2.21. The second kappa shape index (κ2) is 5.54. The molecule has 0 amide bonds. The molecule has 0 aliphatic heterocycles. The minimum atomic E-state index is -4.63. The molecule has 3 rings (SSSR count). The maximum atomic E-state index is 13.1. The van der Waals surface area contributed by atoms with Crippen molar-refractivity contribution in [1.29, 1.82) is 0 Å². The summed E-state index contributed by atoms with van der Waals surface area (Å²) < 4.78 is 39.7. The van der Waals surface area contributed by atoms with E-state index in [1.54, 1.807) is 0 Å². The Labute approximate surface area is 135 Å². The number of nitrogens with zero attached hydrogens (tertiary/aromatic N) is 1. The molecule has 0 radical (unpaired) electrons. The Balaban J connectivity index is 1.92. The van der Waals surface area contributed by atoms with Gasteiger partial charge in [0.1, 0.15) is 11.4 Å². The molecule has 128 valence electrons. The second-order valence-corrected chi connectivity index (χ2v) is 5.97. The summed E-state index contributed by atoms with van der Waals surface area (Å²) in [6.07, 6.45) is -5.14. The van der Waals surface area contributed by atoms with Crippen molar-refractivity contribution < 1.29 is 13.2 Å². The number of hydrogen-bond acceptors (Lipinski definition) is 3. The van der Waals surface area contributed by atoms with Gasteiger partial charge in [-0.2, -0.15) is 13.2 Å². The number of alkyl halides is 3. The summed E-state index contributed by atoms with van der Waals surface area (Å²) >= 11 is 0. The van der Waals surface area contributed by atoms with E-state index in [0.717, 1.165) is 11.6 Å². The van der Waals surface area contributed by atoms with Gasteiger partial charge in [0.2, 0.25) is 0 Å². The maximum absolute atomic E-state index is 13.1. The maximum Gasteiger partial charge on any atom is 0.412 e. The van der Waals surface area contributed by atoms with Crippen molar-refractivity contribution in [3.05, 3.63) is 62.8 Å². The fourth-order valence-corrected chi connectivity index (χ4v) is 2.79. The van der Waals surface area contributed by atoms with Gasteiger partial charge in [-0.3, -0.25) is 9.78 Å². The van der Waals surface area contributed by atoms with Crippen LogP contribution in [-0.2, 0) is 5.54 Å². The van der Waals surface area contributed by atoms with Gasteiger partial charge in [-0.15, -0.1) is 0 Å². The fourth-order valence-electron chi connectivity index (χ4n) is 2.79. The first kappa shape index (κ1) is 16.4. The number of rotatable bonds is 4. The average molecular weight is 339 g/mol. The smallest absolute Gasteiger partial charge is 0.365 e. The highest BCUT2D eigenvalue weighted by atomic mass is 19.4. The van der Waals surface area contributed by atoms with Crippen LogP contribution in [0.5, 0.6) is 0 Å². The standard InChI is InChI=1S/C16H16F3N3O2/c1-10(11-5-3-2-4-6-11)20-12-9-13(23)22(14(24)21-12)15(7-8-15)16(17,18)19/h2-6,9-10,20H,7-8H2,1H3,(H,21,24)/t10-/m0/s1. The highest BCUT2D eigenvalue weighted by Crippen LogP contribution is 2.54. The SMILES string of the molecule is C[C@H](Nc1cc(=O)n(C2(C(F)(F)F)CC2)c(=O)[nH]1)c1ccccc1. The highest BCUT2D eigenvalue weighted by molar-refractivity contribution is 5.37. The quantitative estimate of drug-likeness (QED) is 0.900. The van der Waals surface area contributed by atoms with Crippen molar-refractivity contribution in [3.8, 4) is 0 Å². The number of nitrogens with one attached hydrogen (secondary N) is 2. The Hall–Kier alpha value is -2.51. The lowest BCUT2D eigenvalue weighted by molar-refractivity contribution is -0.181. The van der Waals surface area contributed by atoms with Crippen molar-refractivity contribution in [2.45, 2.75) is 37.5 Å². The van der Waals surface area contributed by atoms with Gasteiger partial charge in [0.15, 0.2) is 0 Å². The molecule has 0 bridgehead atoms. The Bertz CT molecular complexity index is 820. The van der Waals surface area contributed by atoms with Crippen LogP contribution in [0.25, 0.3) is 0 Å². The molecular weight excluding hydrogens is 323 g/mol. The van der Waals surface area contributed by atoms with Crippen LogP contribution >= 0.6 is 0 Å². The molecule has 1 fully saturated rings. The lowest BCUT2D eigenvalue weighted by atomic mass is 10.1. The summed E-state index contributed by atoms with van der Waals surface area (Å²) in [5.41, 5.74) is -3.46. The van der Waals surface area contributed by atoms with Crippen molar-refractivity contribution >= 4 is 5.82 Å². The first-order chi connectivity index (χ1) is 11.2. The van der Waals surface area contributed by atoms with Gasteiger partial charge in [-0.05, 0) is 25.3 Å². The third kappa shape index (κ3) is 2.72. The number of aromatic nitrogens is 2. The van der Waals surface area contributed by atoms with E-state index < -0.39 is 23.0 Å². The molecule has 1 aromatic heterocycles. The van der Waals surface area contributed by atoms with E-state index in [0.29, 0.717) is 0 Å². The minimum absolute atomic E-state index is 0.0931. The van der Waals surface area contributed by atoms with Crippen LogP contribution in [0.4, 0.5) is 19.0 Å². The van der Waals surface area contributed by atoms with Gasteiger partial charge in [0.25, 0.3) is 5.56 Å². The molecule has 8 heteroatoms. The zero-order chi connectivity index (χ0) is 17.5. The summed E-state index contributed by atoms with van der Waals surface area (Å²) in [5, 5.41) is 2.93. The Morgan fingerprint density at radius 1 is 1.21 bits per heavy atom. The average Bonchev–Trinajstić information content (AvgIpc) is 3.28. The van der Waals surface area contributed by atoms with Crippen LogP contribution in [0.1, 0.15) is 31.4 Å². The van der Waals surface area contributed by atoms with Crippen LogP contribution in [-0.4, -0.2) is 15.7 Å². The van der Waals surface area contributed by atoms with E-state index in [9.17, 15) is 22.8 Å². The van der Waals surface area contributed by atoms with E-state index in [2.05, 4.69) is 10.3 Å². The summed E-state index contributed by atoms with van der Waals surface area (Å²) in [6.45, 7) is 1.82. The van der Waals surface area contributed by atoms with Crippen LogP contribution in [0.2, 0.25) is 0 Å². The number of halogens is 3. The van der Waals surface area contributed by atoms with Gasteiger partial charge in [0.05, 0.1) is 0 Å². The normalized spacial score (nSPS) is 17.3. The van der Waals surface area contributed by atoms with Crippen molar-refractivity contribution in [2.75, 3.05) is 5.32 Å². The molecule has 0 saturated heterocycles. The van der Waals surface area contributed by atoms with Crippen molar-refractivity contribution in [1.82, 2.24) is 9.55 Å². The summed E-state index contributed by atoms with van der Waals surface area (Å²) in [4.78, 5) is 26.5. The molecule has 0 spiro atoms. The molecule has 1 atom stereocenters. The van der Waals surface area contributed by atoms with Gasteiger partial charge < -0.3 is 5.32 Å². The number of benzene rings is 1. The molecule has 5 nitrogen and oxygen atoms in total. The predicted molar refractivity (Wildman–Crippen MR) is 83.1 cm³/mol. The molecule has 2 aromatic rings. The Kier molecular flexibility index (Phi) is 3.77. The lowest BCUT2D eigenvalue weighted by Crippen LogP contribution is -2.49. The molecule has 1 aliphatic carbocycles. The van der Waals surface area contributed by atoms with Gasteiger partial charge in [0, 0.05) is 12.1 Å². The Morgan fingerprint density at radius 3 is 2.33 bits per heavy atom. The third-order valence-electron chi connectivity index (χ3n) is 4.28. The highest BCUT2D eigenvalue weighted by Gasteiger charge is 2.66. The fraction of sp³-hybridized carbons (Fsp3) is 0.375. The van der Waals surface area contributed by atoms with Gasteiger partial charge in [-0.25, -0.2) is 9.36 Å². The van der Waals surface area contributed by atoms with E-state index in [-0.39, 0.29) is 29.3 Å². The molecular formula is C16H16F3N3O2. The first-order valence-corrected chi connectivity index (χ1v) is 7.50. The molecule has 1 aliphatic rings. The van der Waals surface area contributed by atoms with E-state index >= 15 is 0 Å². The largest absolute Gasteiger partial charge is 0.412 e. The van der Waals surface area contributed by atoms with Crippen LogP contribution in [0.15, 0.2) is 46.0 Å². The number of H-pyrrole nitrogens is 1. The minimum Gasteiger partial charge on any atom is -0.365 e. The van der Waals surface area contributed by atoms with Crippen molar-refractivity contribution in [2.24, 2.45) is 0 Å². The summed E-state index contributed by atoms with van der Waals surface area (Å²) in [6, 6.07) is 10.0. The zero-order valence-electron chi connectivity index (χ0n) is 12.9. The number of hydrogen-bond donors (Lipinski definition) is 2. The topological polar surface area (TPSA) is 66.9 Å². The number of anilines is 1. The summed E-state index contributed by atoms with van der Waals surface area (Å²) in [7, 11) is 0. The van der Waals surface area contributed by atoms with Gasteiger partial charge in [-0.1, -0.05) is 30.3 Å². The van der Waals surface area contributed by atoms with Crippen LogP contribution in [0, 0.1) is 0 Å². The molecule has 24 heavy (non-hydrogen) atoms. The summed E-state index contributed by atoms with van der Waals surface area (Å²) in [5.74, 6) is 0.0931. The Morgan fingerprint density at radius 2 is 1.83 bits per heavy atom. The predicted octanol–water partition coefficient (Wildman–Crippen LogP) is 2.76. The first-order valence-electron chi connectivity index (χ1n) is 7.50. The molecule has 1 aromatic carbocycles. The van der Waals surface area contributed by atoms with Crippen LogP contribution in [0.3, 0.4) is 0 Å². The van der Waals surface area contributed by atoms with E-state index in [1.807, 2.05) is 37.3 Å². The number of aromatic amines is 1. The molecule has 2 N–H and O–H groups in total. The molecule has 1 saturated carbocycles. The van der Waals surface area contributed by atoms with Crippen LogP contribution < -0.4 is 16.6 Å².